The third-order valence-electron chi connectivity index (χ3n) is 5.49. The second kappa shape index (κ2) is 10.0. The van der Waals surface area contributed by atoms with Crippen LogP contribution in [0.15, 0.2) is 72.8 Å². The van der Waals surface area contributed by atoms with Gasteiger partial charge in [0.15, 0.2) is 0 Å². The molecule has 0 aliphatic carbocycles. The van der Waals surface area contributed by atoms with Crippen molar-refractivity contribution in [2.45, 2.75) is 19.4 Å². The van der Waals surface area contributed by atoms with Crippen LogP contribution in [0, 0.1) is 0 Å². The number of aryl methyl sites for hydroxylation is 1. The summed E-state index contributed by atoms with van der Waals surface area (Å²) in [6.07, 6.45) is 2.32. The van der Waals surface area contributed by atoms with Crippen LogP contribution in [-0.2, 0) is 13.0 Å². The highest BCUT2D eigenvalue weighted by atomic mass is 16.5. The minimum absolute atomic E-state index is 0.0934. The number of nitrogens with zero attached hydrogens (tertiary/aromatic N) is 1. The Labute approximate surface area is 183 Å². The van der Waals surface area contributed by atoms with Crippen LogP contribution in [0.1, 0.15) is 27.9 Å². The molecule has 0 bridgehead atoms. The number of anilines is 1. The van der Waals surface area contributed by atoms with Crippen molar-refractivity contribution in [3.63, 3.8) is 0 Å². The van der Waals surface area contributed by atoms with E-state index in [4.69, 9.17) is 9.47 Å². The fraction of sp³-hybridized carbons (Fsp3) is 0.269. The van der Waals surface area contributed by atoms with Gasteiger partial charge in [-0.2, -0.15) is 0 Å². The lowest BCUT2D eigenvalue weighted by atomic mass is 10.0. The van der Waals surface area contributed by atoms with Gasteiger partial charge in [0.05, 0.1) is 13.7 Å². The van der Waals surface area contributed by atoms with Gasteiger partial charge < -0.3 is 19.7 Å². The van der Waals surface area contributed by atoms with Crippen molar-refractivity contribution in [1.29, 1.82) is 0 Å². The zero-order chi connectivity index (χ0) is 21.5. The van der Waals surface area contributed by atoms with E-state index in [1.165, 1.54) is 23.2 Å². The van der Waals surface area contributed by atoms with Gasteiger partial charge in [-0.3, -0.25) is 4.79 Å². The maximum Gasteiger partial charge on any atom is 0.251 e. The van der Waals surface area contributed by atoms with E-state index in [0.717, 1.165) is 31.0 Å². The fourth-order valence-electron chi connectivity index (χ4n) is 3.88. The molecule has 3 aromatic carbocycles. The first-order chi connectivity index (χ1) is 15.2. The number of hydrogen-bond donors (Lipinski definition) is 1. The topological polar surface area (TPSA) is 50.8 Å². The van der Waals surface area contributed by atoms with Crippen LogP contribution in [-0.4, -0.2) is 32.7 Å². The Hall–Kier alpha value is -3.47. The van der Waals surface area contributed by atoms with Crippen molar-refractivity contribution in [3.8, 4) is 11.5 Å². The Morgan fingerprint density at radius 3 is 2.65 bits per heavy atom. The van der Waals surface area contributed by atoms with Gasteiger partial charge in [-0.05, 0) is 54.3 Å². The molecular weight excluding hydrogens is 388 g/mol. The quantitative estimate of drug-likeness (QED) is 0.551. The van der Waals surface area contributed by atoms with Crippen molar-refractivity contribution in [1.82, 2.24) is 5.32 Å². The lowest BCUT2D eigenvalue weighted by Gasteiger charge is -2.31. The predicted molar refractivity (Wildman–Crippen MR) is 123 cm³/mol. The van der Waals surface area contributed by atoms with Crippen LogP contribution in [0.25, 0.3) is 0 Å². The van der Waals surface area contributed by atoms with Gasteiger partial charge in [0.25, 0.3) is 5.91 Å². The zero-order valence-corrected chi connectivity index (χ0v) is 17.8. The molecule has 1 aliphatic rings. The molecule has 5 nitrogen and oxygen atoms in total. The average Bonchev–Trinajstić information content (AvgIpc) is 2.82. The van der Waals surface area contributed by atoms with Gasteiger partial charge in [0.2, 0.25) is 0 Å². The number of fused-ring (bicyclic) bond motifs is 1. The van der Waals surface area contributed by atoms with Crippen LogP contribution in [0.5, 0.6) is 11.5 Å². The summed E-state index contributed by atoms with van der Waals surface area (Å²) in [6, 6.07) is 23.9. The van der Waals surface area contributed by atoms with E-state index >= 15 is 0 Å². The van der Waals surface area contributed by atoms with Crippen molar-refractivity contribution in [2.24, 2.45) is 0 Å². The summed E-state index contributed by atoms with van der Waals surface area (Å²) in [5, 5.41) is 2.91. The Bertz CT molecular complexity index is 1020. The van der Waals surface area contributed by atoms with Gasteiger partial charge in [-0.25, -0.2) is 0 Å². The number of rotatable bonds is 8. The van der Waals surface area contributed by atoms with Crippen LogP contribution in [0.4, 0.5) is 5.69 Å². The Morgan fingerprint density at radius 2 is 1.81 bits per heavy atom. The van der Waals surface area contributed by atoms with Gasteiger partial charge in [0, 0.05) is 30.4 Å². The number of amides is 1. The summed E-state index contributed by atoms with van der Waals surface area (Å²) >= 11 is 0. The van der Waals surface area contributed by atoms with Gasteiger partial charge in [-0.1, -0.05) is 36.4 Å². The maximum atomic E-state index is 12.4. The highest BCUT2D eigenvalue weighted by molar-refractivity contribution is 5.94. The molecule has 0 unspecified atom stereocenters. The molecule has 0 saturated carbocycles. The van der Waals surface area contributed by atoms with E-state index in [2.05, 4.69) is 34.5 Å². The molecule has 1 aliphatic heterocycles. The smallest absolute Gasteiger partial charge is 0.251 e. The minimum atomic E-state index is -0.0934. The molecule has 0 aromatic heterocycles. The Kier molecular flexibility index (Phi) is 6.72. The van der Waals surface area contributed by atoms with E-state index in [-0.39, 0.29) is 5.91 Å². The van der Waals surface area contributed by atoms with Crippen LogP contribution in [0.3, 0.4) is 0 Å². The molecule has 1 heterocycles. The average molecular weight is 417 g/mol. The van der Waals surface area contributed by atoms with Crippen molar-refractivity contribution < 1.29 is 14.3 Å². The van der Waals surface area contributed by atoms with E-state index in [1.807, 2.05) is 48.5 Å². The number of carbonyl (C=O) groups is 1. The second-order valence-corrected chi connectivity index (χ2v) is 7.63. The van der Waals surface area contributed by atoms with E-state index in [0.29, 0.717) is 18.7 Å². The number of carbonyl (C=O) groups excluding carboxylic acids is 1. The van der Waals surface area contributed by atoms with Crippen LogP contribution in [0.2, 0.25) is 0 Å². The van der Waals surface area contributed by atoms with Crippen LogP contribution >= 0.6 is 0 Å². The summed E-state index contributed by atoms with van der Waals surface area (Å²) < 4.78 is 10.8. The first-order valence-corrected chi connectivity index (χ1v) is 10.7. The predicted octanol–water partition coefficient (Wildman–Crippen LogP) is 4.46. The normalized spacial score (nSPS) is 12.7. The third-order valence-corrected chi connectivity index (χ3v) is 5.49. The summed E-state index contributed by atoms with van der Waals surface area (Å²) in [6.45, 7) is 2.74. The molecule has 1 N–H and O–H groups in total. The largest absolute Gasteiger partial charge is 0.497 e. The minimum Gasteiger partial charge on any atom is -0.497 e. The summed E-state index contributed by atoms with van der Waals surface area (Å²) in [5.74, 6) is 1.37. The molecule has 0 fully saturated rings. The molecule has 31 heavy (non-hydrogen) atoms. The van der Waals surface area contributed by atoms with E-state index < -0.39 is 0 Å². The van der Waals surface area contributed by atoms with Gasteiger partial charge >= 0.3 is 0 Å². The number of hydrogen-bond acceptors (Lipinski definition) is 4. The summed E-state index contributed by atoms with van der Waals surface area (Å²) in [7, 11) is 1.62. The number of para-hydroxylation sites is 1. The van der Waals surface area contributed by atoms with E-state index in [1.54, 1.807) is 7.11 Å². The number of nitrogens with one attached hydrogen (secondary N) is 1. The molecule has 5 heteroatoms. The zero-order valence-electron chi connectivity index (χ0n) is 17.8. The van der Waals surface area contributed by atoms with Crippen molar-refractivity contribution in [2.75, 3.05) is 31.7 Å². The molecule has 0 atom stereocenters. The molecule has 0 spiro atoms. The molecular formula is C26H28N2O3. The lowest BCUT2D eigenvalue weighted by Crippen LogP contribution is -2.29. The molecule has 4 rings (SSSR count). The molecule has 160 valence electrons. The highest BCUT2D eigenvalue weighted by Crippen LogP contribution is 2.28. The maximum absolute atomic E-state index is 12.4. The van der Waals surface area contributed by atoms with Crippen LogP contribution < -0.4 is 19.7 Å². The molecule has 3 aromatic rings. The monoisotopic (exact) mass is 416 g/mol. The van der Waals surface area contributed by atoms with Crippen molar-refractivity contribution >= 4 is 11.6 Å². The third kappa shape index (κ3) is 5.37. The second-order valence-electron chi connectivity index (χ2n) is 7.63. The SMILES string of the molecule is COc1cccc(OCCNC(=O)c2ccc(CN3CCCc4ccccc43)cc2)c1. The van der Waals surface area contributed by atoms with Gasteiger partial charge in [-0.15, -0.1) is 0 Å². The summed E-state index contributed by atoms with van der Waals surface area (Å²) in [5.41, 5.74) is 4.60. The molecule has 1 amide bonds. The Balaban J connectivity index is 1.27. The Morgan fingerprint density at radius 1 is 1.00 bits per heavy atom. The highest BCUT2D eigenvalue weighted by Gasteiger charge is 2.16. The molecule has 0 radical (unpaired) electrons. The van der Waals surface area contributed by atoms with Crippen molar-refractivity contribution in [3.05, 3.63) is 89.5 Å². The standard InChI is InChI=1S/C26H28N2O3/c1-30-23-8-4-9-24(18-23)31-17-15-27-26(29)22-13-11-20(12-14-22)19-28-16-5-7-21-6-2-3-10-25(21)28/h2-4,6,8-14,18H,5,7,15-17,19H2,1H3,(H,27,29). The first-order valence-electron chi connectivity index (χ1n) is 10.7. The lowest BCUT2D eigenvalue weighted by molar-refractivity contribution is 0.0947. The molecule has 0 saturated heterocycles. The van der Waals surface area contributed by atoms with E-state index in [9.17, 15) is 4.79 Å². The number of ether oxygens (including phenoxy) is 2. The fourth-order valence-corrected chi connectivity index (χ4v) is 3.88. The summed E-state index contributed by atoms with van der Waals surface area (Å²) in [4.78, 5) is 14.8. The van der Waals surface area contributed by atoms with Gasteiger partial charge in [0.1, 0.15) is 18.1 Å². The number of benzene rings is 3. The first kappa shape index (κ1) is 20.8. The number of methoxy groups -OCH3 is 1.